The van der Waals surface area contributed by atoms with E-state index in [1.807, 2.05) is 0 Å². The summed E-state index contributed by atoms with van der Waals surface area (Å²) in [5.41, 5.74) is 0. The van der Waals surface area contributed by atoms with Crippen molar-refractivity contribution in [1.82, 2.24) is 0 Å². The first-order valence-electron chi connectivity index (χ1n) is 1.66. The topological polar surface area (TPSA) is 139 Å². The molecule has 0 aromatic heterocycles. The Balaban J connectivity index is -0.000000405. The minimum atomic E-state index is -5.48. The van der Waals surface area contributed by atoms with Crippen LogP contribution in [0.4, 0.5) is 0 Å². The van der Waals surface area contributed by atoms with Crippen molar-refractivity contribution >= 4 is 15.6 Å². The maximum Gasteiger partial charge on any atom is 1.00 e. The molecule has 0 unspecified atom stereocenters. The van der Waals surface area contributed by atoms with Crippen molar-refractivity contribution in [1.29, 1.82) is 0 Å². The Morgan fingerprint density at radius 2 is 1.33 bits per heavy atom. The van der Waals surface area contributed by atoms with Gasteiger partial charge in [-0.05, 0) is 0 Å². The molecular formula is H2Na2O8P2. The normalized spacial score (nSPS) is 11.3. The Kier molecular flexibility index (Phi) is 12.3. The first kappa shape index (κ1) is 19.7. The van der Waals surface area contributed by atoms with Gasteiger partial charge in [-0.15, -0.1) is 4.67 Å². The SMILES string of the molecule is O=P([O-])([O-])OOP(=O)(O)O.[Na+].[Na+]. The minimum Gasteiger partial charge on any atom is -0.788 e. The molecule has 0 aliphatic carbocycles. The predicted octanol–water partition coefficient (Wildman–Crippen LogP) is -8.14. The first-order valence-corrected chi connectivity index (χ1v) is 4.65. The Labute approximate surface area is 112 Å². The molecule has 8 nitrogen and oxygen atoms in total. The zero-order valence-corrected chi connectivity index (χ0v) is 12.0. The monoisotopic (exact) mass is 238 g/mol. The van der Waals surface area contributed by atoms with Crippen molar-refractivity contribution in [2.45, 2.75) is 0 Å². The van der Waals surface area contributed by atoms with Gasteiger partial charge in [-0.1, -0.05) is 0 Å². The van der Waals surface area contributed by atoms with Crippen LogP contribution in [0.5, 0.6) is 0 Å². The van der Waals surface area contributed by atoms with Crippen molar-refractivity contribution in [3.63, 3.8) is 0 Å². The van der Waals surface area contributed by atoms with Crippen LogP contribution in [-0.2, 0) is 18.5 Å². The Hall–Kier alpha value is 2.22. The van der Waals surface area contributed by atoms with E-state index < -0.39 is 15.6 Å². The van der Waals surface area contributed by atoms with E-state index in [4.69, 9.17) is 9.79 Å². The molecule has 12 heteroatoms. The van der Waals surface area contributed by atoms with Gasteiger partial charge in [0.1, 0.15) is 7.82 Å². The second-order valence-corrected chi connectivity index (χ2v) is 3.26. The molecule has 0 spiro atoms. The summed E-state index contributed by atoms with van der Waals surface area (Å²) >= 11 is 0. The third kappa shape index (κ3) is 18.1. The number of phosphoric acid groups is 2. The third-order valence-corrected chi connectivity index (χ3v) is 0.865. The molecule has 62 valence electrons. The van der Waals surface area contributed by atoms with E-state index in [1.165, 1.54) is 0 Å². The van der Waals surface area contributed by atoms with Crippen LogP contribution in [0.25, 0.3) is 0 Å². The van der Waals surface area contributed by atoms with Gasteiger partial charge in [-0.25, -0.2) is 4.57 Å². The summed E-state index contributed by atoms with van der Waals surface area (Å²) in [5.74, 6) is 0. The van der Waals surface area contributed by atoms with Gasteiger partial charge in [0.25, 0.3) is 0 Å². The molecule has 2 N–H and O–H groups in total. The number of hydrogen-bond acceptors (Lipinski definition) is 6. The quantitative estimate of drug-likeness (QED) is 0.214. The van der Waals surface area contributed by atoms with Crippen LogP contribution in [0, 0.1) is 0 Å². The summed E-state index contributed by atoms with van der Waals surface area (Å²) < 4.78 is 24.7. The van der Waals surface area contributed by atoms with Gasteiger partial charge >= 0.3 is 66.9 Å². The molecule has 0 atom stereocenters. The summed E-state index contributed by atoms with van der Waals surface area (Å²) in [7, 11) is -10.5. The van der Waals surface area contributed by atoms with E-state index in [0.29, 0.717) is 0 Å². The zero-order valence-electron chi connectivity index (χ0n) is 6.24. The molecular weight excluding hydrogens is 236 g/mol. The van der Waals surface area contributed by atoms with E-state index >= 15 is 0 Å². The van der Waals surface area contributed by atoms with Crippen LogP contribution in [0.3, 0.4) is 0 Å². The van der Waals surface area contributed by atoms with Crippen molar-refractivity contribution < 1.29 is 97.2 Å². The molecule has 0 aliphatic heterocycles. The number of hydrogen-bond donors (Lipinski definition) is 2. The summed E-state index contributed by atoms with van der Waals surface area (Å²) in [4.78, 5) is 34.4. The molecule has 0 aromatic rings. The second-order valence-electron chi connectivity index (χ2n) is 1.09. The van der Waals surface area contributed by atoms with E-state index in [9.17, 15) is 18.9 Å². The molecule has 12 heavy (non-hydrogen) atoms. The van der Waals surface area contributed by atoms with Crippen LogP contribution >= 0.6 is 15.6 Å². The van der Waals surface area contributed by atoms with Crippen LogP contribution < -0.4 is 68.9 Å². The van der Waals surface area contributed by atoms with E-state index in [0.717, 1.165) is 0 Å². The summed E-state index contributed by atoms with van der Waals surface area (Å²) in [6.45, 7) is 0. The Morgan fingerprint density at radius 1 is 1.00 bits per heavy atom. The van der Waals surface area contributed by atoms with E-state index in [-0.39, 0.29) is 59.1 Å². The Bertz CT molecular complexity index is 165. The second kappa shape index (κ2) is 7.50. The maximum atomic E-state index is 9.63. The van der Waals surface area contributed by atoms with Crippen molar-refractivity contribution in [3.8, 4) is 0 Å². The van der Waals surface area contributed by atoms with Crippen molar-refractivity contribution in [2.75, 3.05) is 0 Å². The maximum absolute atomic E-state index is 9.63. The molecule has 0 saturated carbocycles. The predicted molar refractivity (Wildman–Crippen MR) is 21.8 cm³/mol. The first-order chi connectivity index (χ1) is 4.21. The summed E-state index contributed by atoms with van der Waals surface area (Å²) in [5, 5.41) is 0. The minimum absolute atomic E-state index is 0. The van der Waals surface area contributed by atoms with Crippen LogP contribution in [-0.4, -0.2) is 9.79 Å². The molecule has 0 radical (unpaired) electrons. The van der Waals surface area contributed by atoms with Gasteiger partial charge in [0.2, 0.25) is 0 Å². The molecule has 0 aliphatic rings. The van der Waals surface area contributed by atoms with Gasteiger partial charge in [0.15, 0.2) is 0 Å². The van der Waals surface area contributed by atoms with E-state index in [2.05, 4.69) is 9.35 Å². The van der Waals surface area contributed by atoms with Crippen LogP contribution in [0.1, 0.15) is 0 Å². The number of rotatable bonds is 3. The molecule has 0 heterocycles. The zero-order chi connectivity index (χ0) is 8.41. The standard InChI is InChI=1S/2Na.H4O8P2/c;;1-9(2,3)7-8-10(4,5)6/h;;(H2,1,2,3)(H2,4,5,6)/q2*+1;/p-2. The molecule has 0 rings (SSSR count). The average Bonchev–Trinajstić information content (AvgIpc) is 1.57. The van der Waals surface area contributed by atoms with E-state index in [1.54, 1.807) is 0 Å². The molecule has 0 bridgehead atoms. The van der Waals surface area contributed by atoms with Gasteiger partial charge in [-0.2, -0.15) is 4.67 Å². The fraction of sp³-hybridized carbons (Fsp3) is 0. The average molecular weight is 238 g/mol. The third-order valence-electron chi connectivity index (χ3n) is 0.222. The molecule has 0 aromatic carbocycles. The van der Waals surface area contributed by atoms with Gasteiger partial charge in [0, 0.05) is 0 Å². The molecule has 0 amide bonds. The Morgan fingerprint density at radius 3 is 1.42 bits per heavy atom. The van der Waals surface area contributed by atoms with Crippen molar-refractivity contribution in [3.05, 3.63) is 0 Å². The van der Waals surface area contributed by atoms with Gasteiger partial charge < -0.3 is 24.1 Å². The van der Waals surface area contributed by atoms with Crippen molar-refractivity contribution in [2.24, 2.45) is 0 Å². The fourth-order valence-corrected chi connectivity index (χ4v) is 0.758. The van der Waals surface area contributed by atoms with Gasteiger partial charge in [-0.3, -0.25) is 0 Å². The smallest absolute Gasteiger partial charge is 0.788 e. The molecule has 0 saturated heterocycles. The summed E-state index contributed by atoms with van der Waals surface area (Å²) in [6.07, 6.45) is 0. The van der Waals surface area contributed by atoms with Crippen LogP contribution in [0.2, 0.25) is 0 Å². The summed E-state index contributed by atoms with van der Waals surface area (Å²) in [6, 6.07) is 0. The molecule has 0 fully saturated rings. The van der Waals surface area contributed by atoms with Crippen LogP contribution in [0.15, 0.2) is 0 Å². The van der Waals surface area contributed by atoms with Gasteiger partial charge in [0.05, 0.1) is 0 Å². The largest absolute Gasteiger partial charge is 1.00 e. The fourth-order valence-electron chi connectivity index (χ4n) is 0.0842.